The van der Waals surface area contributed by atoms with Crippen LogP contribution in [-0.4, -0.2) is 29.6 Å². The summed E-state index contributed by atoms with van der Waals surface area (Å²) in [5.74, 6) is -1.20. The summed E-state index contributed by atoms with van der Waals surface area (Å²) in [5.41, 5.74) is 0. The number of rotatable bonds is 1. The Morgan fingerprint density at radius 3 is 2.85 bits per heavy atom. The van der Waals surface area contributed by atoms with Crippen LogP contribution >= 0.6 is 0 Å². The van der Waals surface area contributed by atoms with Gasteiger partial charge in [-0.2, -0.15) is 0 Å². The molecule has 1 unspecified atom stereocenters. The molecule has 1 rings (SSSR count). The number of aliphatic hydroxyl groups excluding tert-OH is 1. The van der Waals surface area contributed by atoms with Crippen LogP contribution in [-0.2, 0) is 19.1 Å². The molecule has 0 bridgehead atoms. The van der Waals surface area contributed by atoms with Crippen LogP contribution in [0.1, 0.15) is 13.8 Å². The average Bonchev–Trinajstić information content (AvgIpc) is 2.05. The molecule has 72 valence electrons. The van der Waals surface area contributed by atoms with Crippen LogP contribution in [0.15, 0.2) is 11.5 Å². The van der Waals surface area contributed by atoms with Crippen LogP contribution in [0.4, 0.5) is 0 Å². The van der Waals surface area contributed by atoms with Gasteiger partial charge in [-0.3, -0.25) is 9.59 Å². The third-order valence-corrected chi connectivity index (χ3v) is 1.55. The largest absolute Gasteiger partial charge is 0.491 e. The van der Waals surface area contributed by atoms with Crippen molar-refractivity contribution in [2.45, 2.75) is 20.0 Å². The molecule has 1 N–H and O–H groups in total. The summed E-state index contributed by atoms with van der Waals surface area (Å²) in [4.78, 5) is 21.8. The van der Waals surface area contributed by atoms with Gasteiger partial charge in [0.15, 0.2) is 6.10 Å². The lowest BCUT2D eigenvalue weighted by molar-refractivity contribution is -0.145. The Kier molecular flexibility index (Phi) is 2.67. The van der Waals surface area contributed by atoms with Gasteiger partial charge in [-0.15, -0.1) is 0 Å². The zero-order chi connectivity index (χ0) is 10.0. The van der Waals surface area contributed by atoms with E-state index < -0.39 is 17.9 Å². The van der Waals surface area contributed by atoms with Gasteiger partial charge in [-0.05, 0) is 6.92 Å². The van der Waals surface area contributed by atoms with E-state index in [-0.39, 0.29) is 18.1 Å². The smallest absolute Gasteiger partial charge is 0.308 e. The molecule has 5 nitrogen and oxygen atoms in total. The lowest BCUT2D eigenvalue weighted by Gasteiger charge is -2.20. The highest BCUT2D eigenvalue weighted by Crippen LogP contribution is 2.17. The number of ketones is 1. The fraction of sp³-hybridized carbons (Fsp3) is 0.500. The molecule has 0 aromatic rings. The maximum atomic E-state index is 11.2. The summed E-state index contributed by atoms with van der Waals surface area (Å²) in [6, 6.07) is 0. The first kappa shape index (κ1) is 9.73. The van der Waals surface area contributed by atoms with Crippen molar-refractivity contribution in [3.8, 4) is 0 Å². The minimum absolute atomic E-state index is 0.0879. The summed E-state index contributed by atoms with van der Waals surface area (Å²) in [6.07, 6.45) is -1.24. The molecule has 0 saturated carbocycles. The van der Waals surface area contributed by atoms with Crippen LogP contribution in [0.3, 0.4) is 0 Å². The van der Waals surface area contributed by atoms with Crippen molar-refractivity contribution in [1.82, 2.24) is 0 Å². The van der Waals surface area contributed by atoms with E-state index in [0.29, 0.717) is 0 Å². The van der Waals surface area contributed by atoms with Gasteiger partial charge in [0.05, 0.1) is 0 Å². The first-order valence-corrected chi connectivity index (χ1v) is 3.76. The molecule has 0 radical (unpaired) electrons. The Morgan fingerprint density at radius 2 is 2.31 bits per heavy atom. The molecule has 0 aromatic heterocycles. The van der Waals surface area contributed by atoms with Crippen molar-refractivity contribution in [3.05, 3.63) is 11.5 Å². The Morgan fingerprint density at radius 1 is 1.69 bits per heavy atom. The van der Waals surface area contributed by atoms with Crippen LogP contribution in [0.2, 0.25) is 0 Å². The molecule has 0 amide bonds. The van der Waals surface area contributed by atoms with E-state index in [1.54, 1.807) is 0 Å². The monoisotopic (exact) mass is 186 g/mol. The molecule has 1 atom stereocenters. The maximum Gasteiger partial charge on any atom is 0.308 e. The zero-order valence-electron chi connectivity index (χ0n) is 7.36. The molecule has 0 fully saturated rings. The van der Waals surface area contributed by atoms with E-state index in [2.05, 4.69) is 4.74 Å². The van der Waals surface area contributed by atoms with E-state index in [1.807, 2.05) is 0 Å². The molecule has 1 aliphatic rings. The number of carbonyl (C=O) groups excluding carboxylic acids is 2. The molecule has 0 aromatic carbocycles. The van der Waals surface area contributed by atoms with E-state index in [4.69, 9.17) is 9.84 Å². The predicted molar refractivity (Wildman–Crippen MR) is 41.4 cm³/mol. The number of hydrogen-bond acceptors (Lipinski definition) is 5. The standard InChI is InChI=1S/C8H10O5/c1-4-8(13-5(2)9)7(11)6(10)3-12-4/h6,10H,3H2,1-2H3. The quantitative estimate of drug-likeness (QED) is 0.571. The van der Waals surface area contributed by atoms with Crippen molar-refractivity contribution >= 4 is 11.8 Å². The minimum atomic E-state index is -1.24. The summed E-state index contributed by atoms with van der Waals surface area (Å²) in [7, 11) is 0. The van der Waals surface area contributed by atoms with Crippen molar-refractivity contribution in [2.75, 3.05) is 6.61 Å². The maximum absolute atomic E-state index is 11.2. The summed E-state index contributed by atoms with van der Waals surface area (Å²) in [6.45, 7) is 2.59. The normalized spacial score (nSPS) is 22.7. The fourth-order valence-electron chi connectivity index (χ4n) is 0.936. The first-order valence-electron chi connectivity index (χ1n) is 3.76. The fourth-order valence-corrected chi connectivity index (χ4v) is 0.936. The third kappa shape index (κ3) is 2.06. The Labute approximate surface area is 74.9 Å². The Hall–Kier alpha value is -1.36. The second-order valence-corrected chi connectivity index (χ2v) is 2.67. The summed E-state index contributed by atoms with van der Waals surface area (Å²) in [5, 5.41) is 9.08. The van der Waals surface area contributed by atoms with Gasteiger partial charge in [0, 0.05) is 6.92 Å². The second kappa shape index (κ2) is 3.57. The lowest BCUT2D eigenvalue weighted by Crippen LogP contribution is -2.33. The number of ether oxygens (including phenoxy) is 2. The molecule has 0 aliphatic carbocycles. The number of esters is 1. The summed E-state index contributed by atoms with van der Waals surface area (Å²) >= 11 is 0. The third-order valence-electron chi connectivity index (χ3n) is 1.55. The molecule has 13 heavy (non-hydrogen) atoms. The highest BCUT2D eigenvalue weighted by molar-refractivity contribution is 5.99. The highest BCUT2D eigenvalue weighted by Gasteiger charge is 2.30. The van der Waals surface area contributed by atoms with Crippen LogP contribution in [0, 0.1) is 0 Å². The van der Waals surface area contributed by atoms with Gasteiger partial charge >= 0.3 is 5.97 Å². The van der Waals surface area contributed by atoms with Gasteiger partial charge in [0.25, 0.3) is 0 Å². The van der Waals surface area contributed by atoms with E-state index in [1.165, 1.54) is 13.8 Å². The average molecular weight is 186 g/mol. The Balaban J connectivity index is 2.88. The van der Waals surface area contributed by atoms with E-state index >= 15 is 0 Å². The number of carbonyl (C=O) groups is 2. The van der Waals surface area contributed by atoms with Gasteiger partial charge in [-0.1, -0.05) is 0 Å². The van der Waals surface area contributed by atoms with Crippen LogP contribution in [0.25, 0.3) is 0 Å². The molecule has 1 aliphatic heterocycles. The lowest BCUT2D eigenvalue weighted by atomic mass is 10.1. The molecular formula is C8H10O5. The Bertz CT molecular complexity index is 278. The molecular weight excluding hydrogens is 176 g/mol. The van der Waals surface area contributed by atoms with Crippen molar-refractivity contribution in [2.24, 2.45) is 0 Å². The van der Waals surface area contributed by atoms with Crippen molar-refractivity contribution in [3.63, 3.8) is 0 Å². The number of Topliss-reactive ketones (excluding diaryl/α,β-unsaturated/α-hetero) is 1. The molecule has 5 heteroatoms. The van der Waals surface area contributed by atoms with Gasteiger partial charge in [-0.25, -0.2) is 0 Å². The predicted octanol–water partition coefficient (Wildman–Crippen LogP) is -0.259. The van der Waals surface area contributed by atoms with Gasteiger partial charge in [0.2, 0.25) is 11.5 Å². The topological polar surface area (TPSA) is 72.8 Å². The first-order chi connectivity index (χ1) is 6.02. The van der Waals surface area contributed by atoms with Crippen molar-refractivity contribution < 1.29 is 24.2 Å². The number of hydrogen-bond donors (Lipinski definition) is 1. The minimum Gasteiger partial charge on any atom is -0.491 e. The van der Waals surface area contributed by atoms with E-state index in [9.17, 15) is 9.59 Å². The molecule has 0 saturated heterocycles. The van der Waals surface area contributed by atoms with E-state index in [0.717, 1.165) is 0 Å². The molecule has 1 heterocycles. The van der Waals surface area contributed by atoms with Crippen LogP contribution in [0.5, 0.6) is 0 Å². The second-order valence-electron chi connectivity index (χ2n) is 2.67. The van der Waals surface area contributed by atoms with Crippen molar-refractivity contribution in [1.29, 1.82) is 0 Å². The molecule has 0 spiro atoms. The van der Waals surface area contributed by atoms with Gasteiger partial charge in [0.1, 0.15) is 12.4 Å². The number of allylic oxidation sites excluding steroid dienone is 1. The summed E-state index contributed by atoms with van der Waals surface area (Å²) < 4.78 is 9.50. The highest BCUT2D eigenvalue weighted by atomic mass is 16.6. The van der Waals surface area contributed by atoms with Gasteiger partial charge < -0.3 is 14.6 Å². The number of aliphatic hydroxyl groups is 1. The zero-order valence-corrected chi connectivity index (χ0v) is 7.36. The SMILES string of the molecule is CC(=O)OC1=C(C)OCC(O)C1=O. The van der Waals surface area contributed by atoms with Crippen LogP contribution < -0.4 is 0 Å².